The van der Waals surface area contributed by atoms with E-state index in [0.29, 0.717) is 25.9 Å². The number of nitrogens with zero attached hydrogens (tertiary/aromatic N) is 4. The fourth-order valence-corrected chi connectivity index (χ4v) is 3.37. The summed E-state index contributed by atoms with van der Waals surface area (Å²) in [6, 6.07) is 7.86. The van der Waals surface area contributed by atoms with Gasteiger partial charge in [0.1, 0.15) is 0 Å². The van der Waals surface area contributed by atoms with Gasteiger partial charge in [-0.25, -0.2) is 4.68 Å². The normalized spacial score (nSPS) is 20.8. The first-order valence-electron chi connectivity index (χ1n) is 8.09. The zero-order valence-corrected chi connectivity index (χ0v) is 13.2. The molecule has 0 bridgehead atoms. The van der Waals surface area contributed by atoms with Gasteiger partial charge in [0.15, 0.2) is 0 Å². The maximum Gasteiger partial charge on any atom is 0.223 e. The molecule has 2 N–H and O–H groups in total. The Kier molecular flexibility index (Phi) is 3.78. The SMILES string of the molecule is O=C(CCc1c[nH]c2ccccc12)N1C[C@@H](O)[C@H](n2ccnn2)C1. The fourth-order valence-electron chi connectivity index (χ4n) is 3.37. The van der Waals surface area contributed by atoms with Crippen LogP contribution in [0.5, 0.6) is 0 Å². The average molecular weight is 325 g/mol. The summed E-state index contributed by atoms with van der Waals surface area (Å²) in [5, 5.41) is 19.0. The number of amides is 1. The molecule has 1 aromatic carbocycles. The molecule has 7 heteroatoms. The Labute approximate surface area is 138 Å². The van der Waals surface area contributed by atoms with Gasteiger partial charge in [0, 0.05) is 42.8 Å². The molecule has 1 amide bonds. The predicted molar refractivity (Wildman–Crippen MR) is 88.3 cm³/mol. The van der Waals surface area contributed by atoms with E-state index in [0.717, 1.165) is 16.5 Å². The van der Waals surface area contributed by atoms with Crippen LogP contribution < -0.4 is 0 Å². The number of H-pyrrole nitrogens is 1. The second-order valence-electron chi connectivity index (χ2n) is 6.18. The van der Waals surface area contributed by atoms with E-state index in [1.807, 2.05) is 24.4 Å². The standard InChI is InChI=1S/C17H19N5O2/c23-16-11-21(10-15(16)22-8-7-19-20-22)17(24)6-5-12-9-18-14-4-2-1-3-13(12)14/h1-4,7-9,15-16,18,23H,5-6,10-11H2/t15-,16-/m1/s1. The topological polar surface area (TPSA) is 87.0 Å². The summed E-state index contributed by atoms with van der Waals surface area (Å²) < 4.78 is 1.62. The van der Waals surface area contributed by atoms with Gasteiger partial charge < -0.3 is 15.0 Å². The average Bonchev–Trinajstić information content (AvgIpc) is 3.32. The highest BCUT2D eigenvalue weighted by atomic mass is 16.3. The largest absolute Gasteiger partial charge is 0.389 e. The van der Waals surface area contributed by atoms with Crippen molar-refractivity contribution >= 4 is 16.8 Å². The summed E-state index contributed by atoms with van der Waals surface area (Å²) in [4.78, 5) is 17.4. The van der Waals surface area contributed by atoms with E-state index in [-0.39, 0.29) is 11.9 Å². The molecule has 24 heavy (non-hydrogen) atoms. The van der Waals surface area contributed by atoms with Gasteiger partial charge in [0.2, 0.25) is 5.91 Å². The van der Waals surface area contributed by atoms with Crippen molar-refractivity contribution in [1.82, 2.24) is 24.9 Å². The molecule has 1 aliphatic heterocycles. The maximum absolute atomic E-state index is 12.5. The number of para-hydroxylation sites is 1. The highest BCUT2D eigenvalue weighted by molar-refractivity contribution is 5.84. The van der Waals surface area contributed by atoms with Gasteiger partial charge >= 0.3 is 0 Å². The second kappa shape index (κ2) is 6.09. The van der Waals surface area contributed by atoms with E-state index in [1.165, 1.54) is 0 Å². The van der Waals surface area contributed by atoms with Crippen LogP contribution in [0.15, 0.2) is 42.9 Å². The summed E-state index contributed by atoms with van der Waals surface area (Å²) in [5.74, 6) is 0.0574. The summed E-state index contributed by atoms with van der Waals surface area (Å²) in [6.07, 6.45) is 5.77. The number of benzene rings is 1. The molecule has 0 spiro atoms. The number of fused-ring (bicyclic) bond motifs is 1. The quantitative estimate of drug-likeness (QED) is 0.753. The molecule has 1 fully saturated rings. The Morgan fingerprint density at radius 3 is 3.04 bits per heavy atom. The van der Waals surface area contributed by atoms with Crippen LogP contribution in [-0.2, 0) is 11.2 Å². The molecule has 1 aliphatic rings. The number of aliphatic hydroxyl groups is 1. The molecular weight excluding hydrogens is 306 g/mol. The molecule has 2 atom stereocenters. The first kappa shape index (κ1) is 14.9. The lowest BCUT2D eigenvalue weighted by Crippen LogP contribution is -2.29. The Morgan fingerprint density at radius 2 is 2.21 bits per heavy atom. The molecule has 0 aliphatic carbocycles. The zero-order valence-electron chi connectivity index (χ0n) is 13.2. The zero-order chi connectivity index (χ0) is 16.5. The maximum atomic E-state index is 12.5. The molecule has 0 radical (unpaired) electrons. The number of carbonyl (C=O) groups excluding carboxylic acids is 1. The highest BCUT2D eigenvalue weighted by Gasteiger charge is 2.35. The van der Waals surface area contributed by atoms with Crippen LogP contribution in [0.25, 0.3) is 10.9 Å². The van der Waals surface area contributed by atoms with Crippen molar-refractivity contribution in [2.45, 2.75) is 25.0 Å². The van der Waals surface area contributed by atoms with Gasteiger partial charge in [-0.15, -0.1) is 5.10 Å². The van der Waals surface area contributed by atoms with E-state index in [1.54, 1.807) is 22.0 Å². The third kappa shape index (κ3) is 2.67. The molecule has 1 saturated heterocycles. The predicted octanol–water partition coefficient (Wildman–Crippen LogP) is 1.14. The molecule has 4 rings (SSSR count). The summed E-state index contributed by atoms with van der Waals surface area (Å²) in [6.45, 7) is 0.814. The number of carbonyl (C=O) groups is 1. The van der Waals surface area contributed by atoms with E-state index < -0.39 is 6.10 Å². The van der Waals surface area contributed by atoms with Crippen LogP contribution in [-0.4, -0.2) is 55.1 Å². The smallest absolute Gasteiger partial charge is 0.223 e. The highest BCUT2D eigenvalue weighted by Crippen LogP contribution is 2.23. The van der Waals surface area contributed by atoms with Gasteiger partial charge in [-0.2, -0.15) is 0 Å². The Bertz CT molecular complexity index is 842. The third-order valence-electron chi connectivity index (χ3n) is 4.68. The lowest BCUT2D eigenvalue weighted by Gasteiger charge is -2.15. The van der Waals surface area contributed by atoms with Crippen molar-refractivity contribution in [2.75, 3.05) is 13.1 Å². The Morgan fingerprint density at radius 1 is 1.33 bits per heavy atom. The lowest BCUT2D eigenvalue weighted by molar-refractivity contribution is -0.130. The number of rotatable bonds is 4. The number of aliphatic hydroxyl groups excluding tert-OH is 1. The van der Waals surface area contributed by atoms with Crippen molar-refractivity contribution < 1.29 is 9.90 Å². The van der Waals surface area contributed by atoms with Crippen molar-refractivity contribution in [2.24, 2.45) is 0 Å². The van der Waals surface area contributed by atoms with Crippen molar-refractivity contribution in [3.63, 3.8) is 0 Å². The molecule has 3 aromatic rings. The number of aromatic amines is 1. The van der Waals surface area contributed by atoms with Crippen LogP contribution in [0.2, 0.25) is 0 Å². The summed E-state index contributed by atoms with van der Waals surface area (Å²) >= 11 is 0. The number of hydrogen-bond acceptors (Lipinski definition) is 4. The minimum absolute atomic E-state index is 0.0574. The van der Waals surface area contributed by atoms with Crippen LogP contribution >= 0.6 is 0 Å². The Balaban J connectivity index is 1.40. The summed E-state index contributed by atoms with van der Waals surface area (Å²) in [7, 11) is 0. The van der Waals surface area contributed by atoms with Gasteiger partial charge in [0.25, 0.3) is 0 Å². The molecule has 7 nitrogen and oxygen atoms in total. The van der Waals surface area contributed by atoms with Gasteiger partial charge in [0.05, 0.1) is 18.3 Å². The van der Waals surface area contributed by atoms with Crippen molar-refractivity contribution in [3.05, 3.63) is 48.4 Å². The first-order valence-corrected chi connectivity index (χ1v) is 8.09. The number of β-amino-alcohol motifs (C(OH)–C–C–N with tert-alkyl or cyclic N) is 1. The van der Waals surface area contributed by atoms with Crippen LogP contribution in [0.3, 0.4) is 0 Å². The Hall–Kier alpha value is -2.67. The molecule has 3 heterocycles. The molecule has 2 aromatic heterocycles. The molecule has 0 saturated carbocycles. The number of aryl methyl sites for hydroxylation is 1. The van der Waals surface area contributed by atoms with Gasteiger partial charge in [-0.05, 0) is 18.1 Å². The van der Waals surface area contributed by atoms with Crippen LogP contribution in [0.1, 0.15) is 18.0 Å². The first-order chi connectivity index (χ1) is 11.7. The number of nitrogens with one attached hydrogen (secondary N) is 1. The minimum Gasteiger partial charge on any atom is -0.389 e. The van der Waals surface area contributed by atoms with Crippen molar-refractivity contribution in [1.29, 1.82) is 0 Å². The monoisotopic (exact) mass is 325 g/mol. The second-order valence-corrected chi connectivity index (χ2v) is 6.18. The van der Waals surface area contributed by atoms with E-state index in [2.05, 4.69) is 21.4 Å². The molecule has 124 valence electrons. The lowest BCUT2D eigenvalue weighted by atomic mass is 10.1. The number of aromatic nitrogens is 4. The third-order valence-corrected chi connectivity index (χ3v) is 4.68. The van der Waals surface area contributed by atoms with Gasteiger partial charge in [-0.1, -0.05) is 23.4 Å². The summed E-state index contributed by atoms with van der Waals surface area (Å²) in [5.41, 5.74) is 2.23. The number of likely N-dealkylation sites (tertiary alicyclic amines) is 1. The fraction of sp³-hybridized carbons (Fsp3) is 0.353. The van der Waals surface area contributed by atoms with Crippen LogP contribution in [0, 0.1) is 0 Å². The number of hydrogen-bond donors (Lipinski definition) is 2. The van der Waals surface area contributed by atoms with Gasteiger partial charge in [-0.3, -0.25) is 4.79 Å². The molecule has 0 unspecified atom stereocenters. The van der Waals surface area contributed by atoms with E-state index >= 15 is 0 Å². The minimum atomic E-state index is -0.608. The van der Waals surface area contributed by atoms with Crippen LogP contribution in [0.4, 0.5) is 0 Å². The van der Waals surface area contributed by atoms with E-state index in [9.17, 15) is 9.90 Å². The molecular formula is C17H19N5O2. The van der Waals surface area contributed by atoms with Crippen molar-refractivity contribution in [3.8, 4) is 0 Å². The van der Waals surface area contributed by atoms with E-state index in [4.69, 9.17) is 0 Å².